The number of hydrogen-bond donors (Lipinski definition) is 0. The summed E-state index contributed by atoms with van der Waals surface area (Å²) in [6.45, 7) is 0. The van der Waals surface area contributed by atoms with Crippen LogP contribution in [-0.4, -0.2) is 0 Å². The lowest BCUT2D eigenvalue weighted by Crippen LogP contribution is -2.34. The molecule has 0 aromatic heterocycles. The molecule has 184 valence electrons. The van der Waals surface area contributed by atoms with Crippen molar-refractivity contribution >= 4 is 33.0 Å². The van der Waals surface area contributed by atoms with Gasteiger partial charge in [-0.25, -0.2) is 0 Å². The molecular formula is C34H33P3. The average Bonchev–Trinajstić information content (AvgIpc) is 2.95. The van der Waals surface area contributed by atoms with Gasteiger partial charge in [0.2, 0.25) is 0 Å². The van der Waals surface area contributed by atoms with E-state index in [1.54, 1.807) is 0 Å². The van der Waals surface area contributed by atoms with Gasteiger partial charge in [-0.3, -0.25) is 0 Å². The molecule has 5 aromatic carbocycles. The molecule has 0 saturated carbocycles. The zero-order valence-corrected chi connectivity index (χ0v) is 24.4. The highest BCUT2D eigenvalue weighted by Gasteiger charge is 2.39. The van der Waals surface area contributed by atoms with Crippen molar-refractivity contribution in [2.75, 3.05) is 0 Å². The van der Waals surface area contributed by atoms with Crippen LogP contribution < -0.4 is 5.30 Å². The van der Waals surface area contributed by atoms with Gasteiger partial charge in [0.15, 0.2) is 0 Å². The van der Waals surface area contributed by atoms with Crippen molar-refractivity contribution < 1.29 is 0 Å². The van der Waals surface area contributed by atoms with Gasteiger partial charge in [0.05, 0.1) is 0 Å². The van der Waals surface area contributed by atoms with E-state index in [0.717, 1.165) is 12.8 Å². The van der Waals surface area contributed by atoms with E-state index in [4.69, 9.17) is 0 Å². The quantitative estimate of drug-likeness (QED) is 0.178. The molecule has 0 spiro atoms. The third-order valence-corrected chi connectivity index (χ3v) is 9.41. The fourth-order valence-electron chi connectivity index (χ4n) is 5.43. The molecule has 37 heavy (non-hydrogen) atoms. The molecule has 5 rings (SSSR count). The van der Waals surface area contributed by atoms with E-state index in [-0.39, 0.29) is 10.3 Å². The summed E-state index contributed by atoms with van der Waals surface area (Å²) in [4.78, 5) is 0. The Labute approximate surface area is 228 Å². The lowest BCUT2D eigenvalue weighted by atomic mass is 9.75. The molecule has 0 radical (unpaired) electrons. The monoisotopic (exact) mass is 534 g/mol. The van der Waals surface area contributed by atoms with Crippen molar-refractivity contribution in [2.45, 2.75) is 23.2 Å². The average molecular weight is 535 g/mol. The predicted octanol–water partition coefficient (Wildman–Crippen LogP) is 7.91. The molecule has 0 saturated heterocycles. The van der Waals surface area contributed by atoms with Crippen LogP contribution in [-0.2, 0) is 23.2 Å². The fourth-order valence-corrected chi connectivity index (χ4v) is 7.54. The van der Waals surface area contributed by atoms with Gasteiger partial charge in [-0.2, -0.15) is 0 Å². The molecule has 0 aliphatic carbocycles. The standard InChI is InChI=1S/C34H33P3/c35-31-23-13-22-30(33(36,28-18-9-3-10-19-28)24-26-14-5-1-6-15-26)32(31)34(37,29-20-11-4-12-21-29)25-27-16-7-2-8-17-27/h1-23H,24-25,35-37H2. The van der Waals surface area contributed by atoms with E-state index in [9.17, 15) is 0 Å². The van der Waals surface area contributed by atoms with E-state index in [2.05, 4.69) is 167 Å². The fraction of sp³-hybridized carbons (Fsp3) is 0.118. The minimum Gasteiger partial charge on any atom is -0.121 e. The summed E-state index contributed by atoms with van der Waals surface area (Å²) in [7, 11) is 9.61. The van der Waals surface area contributed by atoms with Crippen LogP contribution in [0.2, 0.25) is 0 Å². The molecule has 0 heterocycles. The second-order valence-electron chi connectivity index (χ2n) is 9.77. The largest absolute Gasteiger partial charge is 0.121 e. The Morgan fingerprint density at radius 2 is 0.838 bits per heavy atom. The summed E-state index contributed by atoms with van der Waals surface area (Å²) in [6, 6.07) is 50.3. The highest BCUT2D eigenvalue weighted by atomic mass is 31.0. The van der Waals surface area contributed by atoms with Crippen molar-refractivity contribution in [1.82, 2.24) is 0 Å². The molecule has 0 aliphatic rings. The Hall–Kier alpha value is -2.61. The van der Waals surface area contributed by atoms with Gasteiger partial charge >= 0.3 is 0 Å². The van der Waals surface area contributed by atoms with Crippen LogP contribution in [0.1, 0.15) is 33.4 Å². The molecule has 5 unspecified atom stereocenters. The van der Waals surface area contributed by atoms with Crippen LogP contribution in [0.25, 0.3) is 0 Å². The number of rotatable bonds is 8. The second kappa shape index (κ2) is 11.4. The van der Waals surface area contributed by atoms with Crippen LogP contribution in [0, 0.1) is 0 Å². The Kier molecular flexibility index (Phi) is 8.03. The first-order valence-electron chi connectivity index (χ1n) is 12.7. The first-order chi connectivity index (χ1) is 18.0. The third-order valence-electron chi connectivity index (χ3n) is 7.25. The second-order valence-corrected chi connectivity index (χ2v) is 12.4. The van der Waals surface area contributed by atoms with Crippen LogP contribution in [0.15, 0.2) is 140 Å². The highest BCUT2D eigenvalue weighted by Crippen LogP contribution is 2.50. The maximum Gasteiger partial charge on any atom is 0.0393 e. The van der Waals surface area contributed by atoms with Crippen molar-refractivity contribution in [3.63, 3.8) is 0 Å². The minimum absolute atomic E-state index is 0.308. The van der Waals surface area contributed by atoms with Gasteiger partial charge in [0.1, 0.15) is 0 Å². The van der Waals surface area contributed by atoms with Crippen molar-refractivity contribution in [3.8, 4) is 0 Å². The summed E-state index contributed by atoms with van der Waals surface area (Å²) in [5, 5.41) is 0.601. The van der Waals surface area contributed by atoms with Gasteiger partial charge in [-0.1, -0.05) is 140 Å². The number of hydrogen-bond acceptors (Lipinski definition) is 0. The smallest absolute Gasteiger partial charge is 0.0393 e. The predicted molar refractivity (Wildman–Crippen MR) is 170 cm³/mol. The van der Waals surface area contributed by atoms with Gasteiger partial charge in [-0.15, -0.1) is 27.7 Å². The van der Waals surface area contributed by atoms with E-state index in [1.807, 2.05) is 0 Å². The topological polar surface area (TPSA) is 0 Å². The molecule has 3 heteroatoms. The van der Waals surface area contributed by atoms with Crippen molar-refractivity contribution in [1.29, 1.82) is 0 Å². The van der Waals surface area contributed by atoms with Gasteiger partial charge in [0.25, 0.3) is 0 Å². The third kappa shape index (κ3) is 5.49. The summed E-state index contributed by atoms with van der Waals surface area (Å²) in [5.74, 6) is 0. The zero-order chi connectivity index (χ0) is 25.7. The summed E-state index contributed by atoms with van der Waals surface area (Å²) >= 11 is 0. The van der Waals surface area contributed by atoms with Crippen LogP contribution in [0.3, 0.4) is 0 Å². The first-order valence-corrected chi connectivity index (χ1v) is 14.4. The van der Waals surface area contributed by atoms with E-state index < -0.39 is 0 Å². The molecule has 0 bridgehead atoms. The maximum atomic E-state index is 3.28. The molecule has 0 aliphatic heterocycles. The number of benzene rings is 5. The molecule has 0 fully saturated rings. The Balaban J connectivity index is 1.77. The van der Waals surface area contributed by atoms with Crippen molar-refractivity contribution in [3.05, 3.63) is 173 Å². The highest BCUT2D eigenvalue weighted by molar-refractivity contribution is 7.28. The Morgan fingerprint density at radius 1 is 0.432 bits per heavy atom. The van der Waals surface area contributed by atoms with Crippen LogP contribution in [0.4, 0.5) is 0 Å². The SMILES string of the molecule is Pc1cccc(C(P)(Cc2ccccc2)c2ccccc2)c1C(P)(Cc1ccccc1)c1ccccc1. The summed E-state index contributed by atoms with van der Waals surface area (Å²) in [5.41, 5.74) is 7.89. The molecule has 0 amide bonds. The summed E-state index contributed by atoms with van der Waals surface area (Å²) < 4.78 is 0. The maximum absolute atomic E-state index is 3.28. The van der Waals surface area contributed by atoms with Crippen LogP contribution in [0.5, 0.6) is 0 Å². The van der Waals surface area contributed by atoms with E-state index in [0.29, 0.717) is 0 Å². The normalized spacial score (nSPS) is 14.5. The first kappa shape index (κ1) is 26.0. The van der Waals surface area contributed by atoms with Crippen molar-refractivity contribution in [2.24, 2.45) is 0 Å². The molecule has 5 aromatic rings. The van der Waals surface area contributed by atoms with Gasteiger partial charge in [0, 0.05) is 10.3 Å². The lowest BCUT2D eigenvalue weighted by Gasteiger charge is -2.40. The minimum atomic E-state index is -0.316. The molecule has 5 atom stereocenters. The molecule has 0 N–H and O–H groups in total. The lowest BCUT2D eigenvalue weighted by molar-refractivity contribution is 0.677. The van der Waals surface area contributed by atoms with Gasteiger partial charge < -0.3 is 0 Å². The molecule has 0 nitrogen and oxygen atoms in total. The molecular weight excluding hydrogens is 501 g/mol. The Morgan fingerprint density at radius 3 is 1.32 bits per heavy atom. The zero-order valence-electron chi connectivity index (χ0n) is 20.9. The Bertz CT molecular complexity index is 1440. The van der Waals surface area contributed by atoms with Crippen LogP contribution >= 0.6 is 27.7 Å². The van der Waals surface area contributed by atoms with E-state index >= 15 is 0 Å². The summed E-state index contributed by atoms with van der Waals surface area (Å²) in [6.07, 6.45) is 1.76. The van der Waals surface area contributed by atoms with Gasteiger partial charge in [-0.05, 0) is 51.5 Å². The van der Waals surface area contributed by atoms with E-state index in [1.165, 1.54) is 38.7 Å².